The van der Waals surface area contributed by atoms with Gasteiger partial charge in [-0.05, 0) is 12.8 Å². The Kier molecular flexibility index (Phi) is 51.2. The van der Waals surface area contributed by atoms with Crippen molar-refractivity contribution in [3.8, 4) is 0 Å². The zero-order valence-electron chi connectivity index (χ0n) is 36.4. The third-order valence-corrected chi connectivity index (χ3v) is 8.97. The second-order valence-corrected chi connectivity index (χ2v) is 14.1. The van der Waals surface area contributed by atoms with Crippen LogP contribution in [0.1, 0.15) is 142 Å². The molecule has 0 amide bonds. The largest absolute Gasteiger partial charge is 0.463 e. The van der Waals surface area contributed by atoms with Gasteiger partial charge in [-0.25, -0.2) is 0 Å². The minimum absolute atomic E-state index is 0.140. The molecule has 0 aliphatic heterocycles. The second kappa shape index (κ2) is 52.1. The van der Waals surface area contributed by atoms with Gasteiger partial charge in [0.25, 0.3) is 0 Å². The summed E-state index contributed by atoms with van der Waals surface area (Å²) in [6.07, 6.45) is 25.2. The lowest BCUT2D eigenvalue weighted by atomic mass is 10.0. The molecule has 0 aromatic carbocycles. The summed E-state index contributed by atoms with van der Waals surface area (Å²) in [5.41, 5.74) is 0. The van der Waals surface area contributed by atoms with Gasteiger partial charge in [0, 0.05) is 13.0 Å². The smallest absolute Gasteiger partial charge is 0.305 e. The van der Waals surface area contributed by atoms with Crippen molar-refractivity contribution in [1.82, 2.24) is 0 Å². The fraction of sp³-hybridized carbons (Fsp3) is 0.977. The molecule has 0 aromatic heterocycles. The highest BCUT2D eigenvalue weighted by atomic mass is 16.6. The summed E-state index contributed by atoms with van der Waals surface area (Å²) in [7, 11) is 0. The van der Waals surface area contributed by atoms with Crippen molar-refractivity contribution < 1.29 is 56.9 Å². The summed E-state index contributed by atoms with van der Waals surface area (Å²) in [6, 6.07) is 0. The average Bonchev–Trinajstić information content (AvgIpc) is 3.20. The van der Waals surface area contributed by atoms with Gasteiger partial charge in [0.1, 0.15) is 6.61 Å². The van der Waals surface area contributed by atoms with Crippen LogP contribution in [0.15, 0.2) is 0 Å². The van der Waals surface area contributed by atoms with Gasteiger partial charge in [-0.3, -0.25) is 4.79 Å². The molecule has 12 heteroatoms. The molecule has 0 aliphatic rings. The molecule has 0 saturated heterocycles. The number of esters is 1. The Hall–Kier alpha value is -0.930. The maximum Gasteiger partial charge on any atom is 0.305 e. The van der Waals surface area contributed by atoms with E-state index >= 15 is 0 Å². The van der Waals surface area contributed by atoms with Crippen LogP contribution < -0.4 is 0 Å². The molecule has 0 rings (SSSR count). The van der Waals surface area contributed by atoms with Crippen LogP contribution in [-0.2, 0) is 56.9 Å². The molecule has 0 bridgehead atoms. The summed E-state index contributed by atoms with van der Waals surface area (Å²) in [4.78, 5) is 11.7. The third-order valence-electron chi connectivity index (χ3n) is 8.97. The number of hydrogen-bond acceptors (Lipinski definition) is 12. The minimum atomic E-state index is -0.140. The van der Waals surface area contributed by atoms with Gasteiger partial charge in [0.05, 0.1) is 126 Å². The van der Waals surface area contributed by atoms with Gasteiger partial charge in [-0.15, -0.1) is 0 Å². The maximum absolute atomic E-state index is 11.7. The van der Waals surface area contributed by atoms with Gasteiger partial charge in [-0.2, -0.15) is 0 Å². The molecule has 0 aliphatic carbocycles. The first-order chi connectivity index (χ1) is 27.8. The molecular formula is C44H88O12. The van der Waals surface area contributed by atoms with E-state index < -0.39 is 0 Å². The number of carbonyl (C=O) groups is 1. The topological polar surface area (TPSA) is 119 Å². The quantitative estimate of drug-likeness (QED) is 0.0433. The third kappa shape index (κ3) is 51.1. The Bertz CT molecular complexity index is 718. The number of hydrogen-bond donors (Lipinski definition) is 0. The van der Waals surface area contributed by atoms with Crippen molar-refractivity contribution in [1.29, 1.82) is 0 Å². The van der Waals surface area contributed by atoms with Crippen LogP contribution in [0.3, 0.4) is 0 Å². The number of unbranched alkanes of at least 4 members (excludes halogenated alkanes) is 17. The SMILES string of the molecule is CCCCCCCCCCCCCCCOCCOCCOCCOCCOCCOCCOCCOCCOCCOCCOC(=O)CCCCCCCC. The van der Waals surface area contributed by atoms with Crippen molar-refractivity contribution in [2.24, 2.45) is 0 Å². The van der Waals surface area contributed by atoms with Crippen LogP contribution in [0.25, 0.3) is 0 Å². The molecule has 0 unspecified atom stereocenters. The minimum Gasteiger partial charge on any atom is -0.463 e. The van der Waals surface area contributed by atoms with Crippen molar-refractivity contribution in [2.45, 2.75) is 142 Å². The molecule has 0 spiro atoms. The van der Waals surface area contributed by atoms with E-state index in [1.807, 2.05) is 0 Å². The molecule has 0 aromatic rings. The highest BCUT2D eigenvalue weighted by Gasteiger charge is 2.03. The van der Waals surface area contributed by atoms with Crippen molar-refractivity contribution in [3.63, 3.8) is 0 Å². The van der Waals surface area contributed by atoms with Crippen LogP contribution in [0.2, 0.25) is 0 Å². The normalized spacial score (nSPS) is 11.5. The Morgan fingerprint density at radius 2 is 0.464 bits per heavy atom. The fourth-order valence-electron chi connectivity index (χ4n) is 5.64. The standard InChI is InChI=1S/C44H88O12/c1-3-5-7-9-11-12-13-14-15-16-17-19-21-23-46-24-25-47-26-27-48-28-29-49-30-31-50-32-33-51-34-35-52-36-37-53-38-39-54-40-41-55-42-43-56-44(45)22-20-18-10-8-6-4-2/h3-43H2,1-2H3. The van der Waals surface area contributed by atoms with E-state index in [2.05, 4.69) is 13.8 Å². The van der Waals surface area contributed by atoms with Gasteiger partial charge >= 0.3 is 5.97 Å². The van der Waals surface area contributed by atoms with Gasteiger partial charge < -0.3 is 52.1 Å². The zero-order valence-corrected chi connectivity index (χ0v) is 36.4. The number of rotatable bonds is 51. The monoisotopic (exact) mass is 809 g/mol. The lowest BCUT2D eigenvalue weighted by molar-refractivity contribution is -0.145. The Morgan fingerprint density at radius 1 is 0.250 bits per heavy atom. The molecule has 12 nitrogen and oxygen atoms in total. The molecule has 0 N–H and O–H groups in total. The summed E-state index contributed by atoms with van der Waals surface area (Å²) in [6.45, 7) is 15.5. The first kappa shape index (κ1) is 55.1. The van der Waals surface area contributed by atoms with Crippen LogP contribution in [0, 0.1) is 0 Å². The van der Waals surface area contributed by atoms with Crippen LogP contribution in [-0.4, -0.2) is 145 Å². The molecule has 0 atom stereocenters. The summed E-state index contributed by atoms with van der Waals surface area (Å²) < 4.78 is 60.5. The highest BCUT2D eigenvalue weighted by molar-refractivity contribution is 5.69. The number of ether oxygens (including phenoxy) is 11. The van der Waals surface area contributed by atoms with E-state index in [9.17, 15) is 4.79 Å². The predicted octanol–water partition coefficient (Wildman–Crippen LogP) is 8.54. The Morgan fingerprint density at radius 3 is 0.750 bits per heavy atom. The van der Waals surface area contributed by atoms with Crippen LogP contribution in [0.4, 0.5) is 0 Å². The molecular weight excluding hydrogens is 720 g/mol. The van der Waals surface area contributed by atoms with Gasteiger partial charge in [0.2, 0.25) is 0 Å². The van der Waals surface area contributed by atoms with Crippen molar-refractivity contribution >= 4 is 5.97 Å². The van der Waals surface area contributed by atoms with E-state index in [0.29, 0.717) is 132 Å². The number of carbonyl (C=O) groups excluding carboxylic acids is 1. The summed E-state index contributed by atoms with van der Waals surface area (Å²) >= 11 is 0. The zero-order chi connectivity index (χ0) is 40.3. The fourth-order valence-corrected chi connectivity index (χ4v) is 5.64. The highest BCUT2D eigenvalue weighted by Crippen LogP contribution is 2.12. The van der Waals surface area contributed by atoms with Gasteiger partial charge in [0.15, 0.2) is 0 Å². The molecule has 0 radical (unpaired) electrons. The second-order valence-electron chi connectivity index (χ2n) is 14.1. The first-order valence-electron chi connectivity index (χ1n) is 22.7. The Balaban J connectivity index is 3.09. The summed E-state index contributed by atoms with van der Waals surface area (Å²) in [5.74, 6) is -0.140. The van der Waals surface area contributed by atoms with E-state index in [0.717, 1.165) is 25.9 Å². The van der Waals surface area contributed by atoms with E-state index in [-0.39, 0.29) is 12.6 Å². The lowest BCUT2D eigenvalue weighted by Crippen LogP contribution is -2.15. The van der Waals surface area contributed by atoms with Crippen molar-refractivity contribution in [3.05, 3.63) is 0 Å². The van der Waals surface area contributed by atoms with Crippen LogP contribution in [0.5, 0.6) is 0 Å². The first-order valence-corrected chi connectivity index (χ1v) is 22.7. The van der Waals surface area contributed by atoms with Gasteiger partial charge in [-0.1, -0.05) is 123 Å². The van der Waals surface area contributed by atoms with E-state index in [1.165, 1.54) is 103 Å². The predicted molar refractivity (Wildman–Crippen MR) is 223 cm³/mol. The maximum atomic E-state index is 11.7. The molecule has 0 saturated carbocycles. The lowest BCUT2D eigenvalue weighted by Gasteiger charge is -2.09. The average molecular weight is 809 g/mol. The Labute approximate surface area is 343 Å². The molecule has 56 heavy (non-hydrogen) atoms. The molecule has 0 heterocycles. The summed E-state index contributed by atoms with van der Waals surface area (Å²) in [5, 5.41) is 0. The van der Waals surface area contributed by atoms with E-state index in [4.69, 9.17) is 52.1 Å². The molecule has 336 valence electrons. The van der Waals surface area contributed by atoms with Crippen LogP contribution >= 0.6 is 0 Å². The van der Waals surface area contributed by atoms with E-state index in [1.54, 1.807) is 0 Å². The van der Waals surface area contributed by atoms with Crippen molar-refractivity contribution in [2.75, 3.05) is 139 Å². The molecule has 0 fully saturated rings.